The summed E-state index contributed by atoms with van der Waals surface area (Å²) in [5, 5.41) is 8.65. The van der Waals surface area contributed by atoms with Crippen LogP contribution in [0.15, 0.2) is 6.07 Å². The third kappa shape index (κ3) is 3.51. The molecule has 0 bridgehead atoms. The molecule has 0 amide bonds. The van der Waals surface area contributed by atoms with E-state index < -0.39 is 6.41 Å². The van der Waals surface area contributed by atoms with Gasteiger partial charge in [0.15, 0.2) is 0 Å². The highest BCUT2D eigenvalue weighted by molar-refractivity contribution is 7.10. The second-order valence-corrected chi connectivity index (χ2v) is 2.96. The van der Waals surface area contributed by atoms with Crippen LogP contribution in [-0.2, 0) is 6.54 Å². The maximum absolute atomic E-state index is 12.8. The SMILES string of the molecule is CC.[B]c1cc(C#N)c(B(F)Cl)nc1CN. The minimum atomic E-state index is -1.82. The minimum absolute atomic E-state index is 0.0298. The van der Waals surface area contributed by atoms with Crippen LogP contribution < -0.4 is 16.8 Å². The Kier molecular flexibility index (Phi) is 6.78. The number of hydrogen-bond donors (Lipinski definition) is 1. The van der Waals surface area contributed by atoms with Crippen LogP contribution in [-0.4, -0.2) is 19.2 Å². The van der Waals surface area contributed by atoms with Crippen molar-refractivity contribution >= 4 is 36.8 Å². The van der Waals surface area contributed by atoms with E-state index in [0.29, 0.717) is 5.69 Å². The van der Waals surface area contributed by atoms with E-state index in [1.165, 1.54) is 6.07 Å². The molecule has 1 aromatic heterocycles. The number of nitrogens with two attached hydrogens (primary N) is 1. The highest BCUT2D eigenvalue weighted by Gasteiger charge is 2.20. The van der Waals surface area contributed by atoms with Gasteiger partial charge in [-0.15, -0.1) is 11.5 Å². The zero-order chi connectivity index (χ0) is 12.7. The molecule has 0 aliphatic heterocycles. The Balaban J connectivity index is 0.00000106. The molecule has 0 aliphatic carbocycles. The molecule has 1 heterocycles. The van der Waals surface area contributed by atoms with Crippen LogP contribution >= 0.6 is 11.5 Å². The molecule has 0 aromatic carbocycles. The van der Waals surface area contributed by atoms with E-state index in [-0.39, 0.29) is 23.2 Å². The summed E-state index contributed by atoms with van der Waals surface area (Å²) in [6, 6.07) is 3.08. The molecule has 0 spiro atoms. The van der Waals surface area contributed by atoms with Crippen LogP contribution in [0.4, 0.5) is 4.32 Å². The lowest BCUT2D eigenvalue weighted by molar-refractivity contribution is 0.869. The third-order valence-corrected chi connectivity index (χ3v) is 1.89. The topological polar surface area (TPSA) is 62.7 Å². The van der Waals surface area contributed by atoms with Crippen LogP contribution in [0.25, 0.3) is 0 Å². The van der Waals surface area contributed by atoms with Gasteiger partial charge in [-0.05, 0) is 6.07 Å². The second-order valence-electron chi connectivity index (χ2n) is 2.57. The lowest BCUT2D eigenvalue weighted by Crippen LogP contribution is -2.33. The van der Waals surface area contributed by atoms with E-state index >= 15 is 0 Å². The average molecular weight is 237 g/mol. The zero-order valence-corrected chi connectivity index (χ0v) is 9.92. The summed E-state index contributed by atoms with van der Waals surface area (Å²) in [4.78, 5) is 3.78. The molecule has 0 unspecified atom stereocenters. The van der Waals surface area contributed by atoms with Crippen molar-refractivity contribution in [2.75, 3.05) is 0 Å². The van der Waals surface area contributed by atoms with E-state index in [1.807, 2.05) is 13.8 Å². The Morgan fingerprint density at radius 3 is 2.62 bits per heavy atom. The first kappa shape index (κ1) is 14.9. The summed E-state index contributed by atoms with van der Waals surface area (Å²) < 4.78 is 12.8. The number of rotatable bonds is 2. The van der Waals surface area contributed by atoms with Gasteiger partial charge in [-0.3, -0.25) is 4.98 Å². The van der Waals surface area contributed by atoms with E-state index in [2.05, 4.69) is 4.98 Å². The van der Waals surface area contributed by atoms with Crippen molar-refractivity contribution in [1.29, 1.82) is 5.26 Å². The number of nitriles is 1. The molecule has 0 saturated heterocycles. The molecule has 82 valence electrons. The quantitative estimate of drug-likeness (QED) is 0.744. The lowest BCUT2D eigenvalue weighted by Gasteiger charge is -2.06. The maximum atomic E-state index is 12.8. The van der Waals surface area contributed by atoms with Gasteiger partial charge in [-0.25, -0.2) is 0 Å². The molecule has 0 aliphatic rings. The first-order chi connectivity index (χ1) is 7.60. The van der Waals surface area contributed by atoms with Crippen molar-refractivity contribution in [3.63, 3.8) is 0 Å². The van der Waals surface area contributed by atoms with Crippen LogP contribution in [0.3, 0.4) is 0 Å². The first-order valence-electron chi connectivity index (χ1n) is 4.77. The molecular formula is C9H11B2ClFN3. The number of halogens is 2. The van der Waals surface area contributed by atoms with Crippen molar-refractivity contribution in [3.8, 4) is 6.07 Å². The van der Waals surface area contributed by atoms with Crippen LogP contribution in [0, 0.1) is 11.3 Å². The zero-order valence-electron chi connectivity index (χ0n) is 9.17. The van der Waals surface area contributed by atoms with Crippen molar-refractivity contribution in [2.24, 2.45) is 5.73 Å². The average Bonchev–Trinajstić information content (AvgIpc) is 2.30. The number of pyridine rings is 1. The fourth-order valence-corrected chi connectivity index (χ4v) is 1.17. The monoisotopic (exact) mass is 237 g/mol. The predicted octanol–water partition coefficient (Wildman–Crippen LogP) is 0.135. The van der Waals surface area contributed by atoms with Gasteiger partial charge in [0.25, 0.3) is 0 Å². The fraction of sp³-hybridized carbons (Fsp3) is 0.333. The molecule has 3 nitrogen and oxygen atoms in total. The van der Waals surface area contributed by atoms with Gasteiger partial charge in [-0.1, -0.05) is 19.3 Å². The maximum Gasteiger partial charge on any atom is 0.500 e. The molecule has 1 aromatic rings. The summed E-state index contributed by atoms with van der Waals surface area (Å²) in [7, 11) is 5.52. The third-order valence-electron chi connectivity index (χ3n) is 1.68. The van der Waals surface area contributed by atoms with Gasteiger partial charge in [0.1, 0.15) is 13.9 Å². The molecule has 7 heteroatoms. The van der Waals surface area contributed by atoms with Gasteiger partial charge >= 0.3 is 6.41 Å². The Bertz CT molecular complexity index is 393. The molecule has 1 rings (SSSR count). The van der Waals surface area contributed by atoms with Crippen LogP contribution in [0.5, 0.6) is 0 Å². The largest absolute Gasteiger partial charge is 0.500 e. The van der Waals surface area contributed by atoms with E-state index in [0.717, 1.165) is 0 Å². The summed E-state index contributed by atoms with van der Waals surface area (Å²) in [6.45, 7) is 4.08. The van der Waals surface area contributed by atoms with Gasteiger partial charge in [-0.2, -0.15) is 5.26 Å². The first-order valence-corrected chi connectivity index (χ1v) is 5.21. The van der Waals surface area contributed by atoms with Crippen LogP contribution in [0.1, 0.15) is 25.1 Å². The molecule has 0 atom stereocenters. The Morgan fingerprint density at radius 2 is 2.25 bits per heavy atom. The lowest BCUT2D eigenvalue weighted by atomic mass is 9.85. The highest BCUT2D eigenvalue weighted by atomic mass is 35.5. The summed E-state index contributed by atoms with van der Waals surface area (Å²) >= 11 is 5.21. The van der Waals surface area contributed by atoms with Crippen LogP contribution in [0.2, 0.25) is 0 Å². The summed E-state index contributed by atoms with van der Waals surface area (Å²) in [6.07, 6.45) is -1.82. The molecule has 0 saturated carbocycles. The Labute approximate surface area is 101 Å². The van der Waals surface area contributed by atoms with E-state index in [1.54, 1.807) is 6.07 Å². The Hall–Kier alpha value is -1.05. The van der Waals surface area contributed by atoms with Crippen molar-refractivity contribution in [2.45, 2.75) is 20.4 Å². The van der Waals surface area contributed by atoms with E-state index in [9.17, 15) is 4.32 Å². The smallest absolute Gasteiger partial charge is 0.325 e. The normalized spacial score (nSPS) is 8.75. The van der Waals surface area contributed by atoms with Crippen molar-refractivity contribution in [1.82, 2.24) is 4.98 Å². The van der Waals surface area contributed by atoms with E-state index in [4.69, 9.17) is 30.3 Å². The molecule has 0 fully saturated rings. The van der Waals surface area contributed by atoms with Gasteiger partial charge in [0, 0.05) is 12.2 Å². The number of aromatic nitrogens is 1. The summed E-state index contributed by atoms with van der Waals surface area (Å²) in [5.74, 6) is 0. The highest BCUT2D eigenvalue weighted by Crippen LogP contribution is 1.99. The molecular weight excluding hydrogens is 226 g/mol. The number of hydrogen-bond acceptors (Lipinski definition) is 3. The van der Waals surface area contributed by atoms with Gasteiger partial charge < -0.3 is 10.0 Å². The predicted molar refractivity (Wildman–Crippen MR) is 65.9 cm³/mol. The van der Waals surface area contributed by atoms with Gasteiger partial charge in [0.2, 0.25) is 0 Å². The minimum Gasteiger partial charge on any atom is -0.325 e. The number of nitrogens with zero attached hydrogens (tertiary/aromatic N) is 2. The molecule has 2 N–H and O–H groups in total. The molecule has 2 radical (unpaired) electrons. The van der Waals surface area contributed by atoms with Gasteiger partial charge in [0.05, 0.1) is 11.2 Å². The molecule has 16 heavy (non-hydrogen) atoms. The Morgan fingerprint density at radius 1 is 1.69 bits per heavy atom. The van der Waals surface area contributed by atoms with Crippen molar-refractivity contribution in [3.05, 3.63) is 17.3 Å². The standard InChI is InChI=1S/C7H5B2ClFN3.C2H6/c8-5-1-4(2-12)7(9(10)11)14-6(5)3-13;1-2/h1H,3,13H2;1-2H3. The summed E-state index contributed by atoms with van der Waals surface area (Å²) in [5.41, 5.74) is 5.82. The van der Waals surface area contributed by atoms with Crippen molar-refractivity contribution < 1.29 is 4.32 Å². The fourth-order valence-electron chi connectivity index (χ4n) is 1.00. The second kappa shape index (κ2) is 7.26.